The van der Waals surface area contributed by atoms with E-state index in [2.05, 4.69) is 26.8 Å². The Morgan fingerprint density at radius 1 is 1.14 bits per heavy atom. The highest BCUT2D eigenvalue weighted by Gasteiger charge is 2.59. The molecule has 0 aromatic heterocycles. The van der Waals surface area contributed by atoms with Gasteiger partial charge in [-0.3, -0.25) is 4.79 Å². The number of carbonyl (C=O) groups excluding carboxylic acids is 1. The molecule has 0 saturated heterocycles. The van der Waals surface area contributed by atoms with Gasteiger partial charge in [0.15, 0.2) is 0 Å². The Balaban J connectivity index is 1.25. The van der Waals surface area contributed by atoms with Crippen LogP contribution in [0.25, 0.3) is 0 Å². The SMILES string of the molecule is C[C@H](CCC(=O)N(C)c1ccccc1F)[C@H]1CC[C@H]2[C@@H]3CC=C4C[C@@H](O)CC[C@]4(C)[C@H]3CC[C@]12C. The van der Waals surface area contributed by atoms with Crippen LogP contribution in [0.1, 0.15) is 85.0 Å². The number of hydrogen-bond donors (Lipinski definition) is 1. The quantitative estimate of drug-likeness (QED) is 0.454. The molecular formula is C31H44FNO2. The summed E-state index contributed by atoms with van der Waals surface area (Å²) in [6.45, 7) is 7.40. The Bertz CT molecular complexity index is 990. The van der Waals surface area contributed by atoms with Gasteiger partial charge in [0.1, 0.15) is 5.82 Å². The summed E-state index contributed by atoms with van der Waals surface area (Å²) < 4.78 is 14.2. The molecule has 1 aromatic carbocycles. The molecular weight excluding hydrogens is 437 g/mol. The maximum Gasteiger partial charge on any atom is 0.226 e. The maximum absolute atomic E-state index is 14.2. The molecule has 0 spiro atoms. The molecule has 192 valence electrons. The molecule has 35 heavy (non-hydrogen) atoms. The number of fused-ring (bicyclic) bond motifs is 5. The van der Waals surface area contributed by atoms with Gasteiger partial charge in [0.05, 0.1) is 11.8 Å². The van der Waals surface area contributed by atoms with Crippen molar-refractivity contribution in [3.63, 3.8) is 0 Å². The summed E-state index contributed by atoms with van der Waals surface area (Å²) in [7, 11) is 1.69. The Morgan fingerprint density at radius 2 is 1.91 bits per heavy atom. The number of rotatable bonds is 5. The molecule has 1 N–H and O–H groups in total. The molecule has 3 saturated carbocycles. The Labute approximate surface area is 211 Å². The van der Waals surface area contributed by atoms with Crippen molar-refractivity contribution in [2.75, 3.05) is 11.9 Å². The van der Waals surface area contributed by atoms with E-state index in [0.29, 0.717) is 29.4 Å². The third kappa shape index (κ3) is 4.18. The van der Waals surface area contributed by atoms with Crippen molar-refractivity contribution in [1.29, 1.82) is 0 Å². The minimum Gasteiger partial charge on any atom is -0.393 e. The molecule has 0 radical (unpaired) electrons. The second kappa shape index (κ2) is 9.32. The molecule has 5 rings (SSSR count). The zero-order valence-electron chi connectivity index (χ0n) is 22.1. The first-order valence-corrected chi connectivity index (χ1v) is 14.0. The summed E-state index contributed by atoms with van der Waals surface area (Å²) in [5.41, 5.74) is 2.56. The molecule has 4 aliphatic rings. The Hall–Kier alpha value is -1.68. The summed E-state index contributed by atoms with van der Waals surface area (Å²) in [5.74, 6) is 3.11. The van der Waals surface area contributed by atoms with Crippen LogP contribution < -0.4 is 4.90 Å². The molecule has 4 aliphatic carbocycles. The predicted octanol–water partition coefficient (Wildman–Crippen LogP) is 7.14. The van der Waals surface area contributed by atoms with Crippen molar-refractivity contribution in [2.45, 2.75) is 91.1 Å². The molecule has 1 aromatic rings. The van der Waals surface area contributed by atoms with Crippen LogP contribution in [0.4, 0.5) is 10.1 Å². The van der Waals surface area contributed by atoms with Crippen molar-refractivity contribution in [1.82, 2.24) is 0 Å². The second-order valence-corrected chi connectivity index (χ2v) is 12.8. The normalized spacial score (nSPS) is 39.1. The number of carbonyl (C=O) groups is 1. The van der Waals surface area contributed by atoms with Crippen LogP contribution in [0.2, 0.25) is 0 Å². The van der Waals surface area contributed by atoms with Crippen LogP contribution in [0.5, 0.6) is 0 Å². The largest absolute Gasteiger partial charge is 0.393 e. The number of benzene rings is 1. The summed E-state index contributed by atoms with van der Waals surface area (Å²) in [6.07, 6.45) is 13.1. The van der Waals surface area contributed by atoms with E-state index >= 15 is 0 Å². The highest BCUT2D eigenvalue weighted by molar-refractivity contribution is 5.92. The average molecular weight is 482 g/mol. The van der Waals surface area contributed by atoms with Gasteiger partial charge in [0, 0.05) is 13.5 Å². The zero-order valence-corrected chi connectivity index (χ0v) is 22.1. The van der Waals surface area contributed by atoms with E-state index in [-0.39, 0.29) is 23.2 Å². The number of allylic oxidation sites excluding steroid dienone is 1. The van der Waals surface area contributed by atoms with E-state index in [0.717, 1.165) is 43.4 Å². The molecule has 0 unspecified atom stereocenters. The third-order valence-electron chi connectivity index (χ3n) is 11.2. The molecule has 1 amide bonds. The number of halogens is 1. The van der Waals surface area contributed by atoms with Gasteiger partial charge in [0.2, 0.25) is 5.91 Å². The van der Waals surface area contributed by atoms with Crippen LogP contribution in [0, 0.1) is 46.2 Å². The van der Waals surface area contributed by atoms with E-state index in [4.69, 9.17) is 0 Å². The predicted molar refractivity (Wildman–Crippen MR) is 139 cm³/mol. The van der Waals surface area contributed by atoms with Crippen LogP contribution in [0.3, 0.4) is 0 Å². The van der Waals surface area contributed by atoms with Gasteiger partial charge in [0.25, 0.3) is 0 Å². The van der Waals surface area contributed by atoms with Crippen LogP contribution in [-0.2, 0) is 4.79 Å². The molecule has 0 heterocycles. The fourth-order valence-corrected chi connectivity index (χ4v) is 9.20. The van der Waals surface area contributed by atoms with Gasteiger partial charge in [-0.2, -0.15) is 0 Å². The summed E-state index contributed by atoms with van der Waals surface area (Å²) in [5, 5.41) is 10.3. The van der Waals surface area contributed by atoms with Crippen LogP contribution in [0.15, 0.2) is 35.9 Å². The van der Waals surface area contributed by atoms with Gasteiger partial charge < -0.3 is 10.0 Å². The van der Waals surface area contributed by atoms with Gasteiger partial charge in [-0.25, -0.2) is 4.39 Å². The Morgan fingerprint density at radius 3 is 2.69 bits per heavy atom. The standard InChI is InChI=1S/C31H44FNO2/c1-20(9-14-29(35)33(4)28-8-6-5-7-27(28)32)24-12-13-25-23-11-10-21-19-22(34)15-17-30(21,2)26(23)16-18-31(24,25)3/h5-8,10,20,22-26,34H,9,11-19H2,1-4H3/t20-,22+,23+,24-,25+,26+,30+,31-/m1/s1. The molecule has 0 aliphatic heterocycles. The smallest absolute Gasteiger partial charge is 0.226 e. The number of anilines is 1. The number of hydrogen-bond acceptors (Lipinski definition) is 2. The zero-order chi connectivity index (χ0) is 25.0. The van der Waals surface area contributed by atoms with Gasteiger partial charge in [-0.15, -0.1) is 0 Å². The molecule has 0 bridgehead atoms. The summed E-state index contributed by atoms with van der Waals surface area (Å²) >= 11 is 0. The number of para-hydroxylation sites is 1. The number of nitrogens with zero attached hydrogens (tertiary/aromatic N) is 1. The minimum atomic E-state index is -0.342. The van der Waals surface area contributed by atoms with Crippen molar-refractivity contribution < 1.29 is 14.3 Å². The van der Waals surface area contributed by atoms with Gasteiger partial charge >= 0.3 is 0 Å². The fourth-order valence-electron chi connectivity index (χ4n) is 9.20. The molecule has 4 heteroatoms. The van der Waals surface area contributed by atoms with Crippen LogP contribution in [-0.4, -0.2) is 24.2 Å². The highest BCUT2D eigenvalue weighted by Crippen LogP contribution is 2.67. The van der Waals surface area contributed by atoms with Crippen molar-refractivity contribution >= 4 is 11.6 Å². The van der Waals surface area contributed by atoms with Gasteiger partial charge in [-0.05, 0) is 110 Å². The monoisotopic (exact) mass is 481 g/mol. The number of aliphatic hydroxyl groups is 1. The third-order valence-corrected chi connectivity index (χ3v) is 11.2. The van der Waals surface area contributed by atoms with E-state index in [9.17, 15) is 14.3 Å². The fraction of sp³-hybridized carbons (Fsp3) is 0.710. The van der Waals surface area contributed by atoms with Crippen LogP contribution >= 0.6 is 0 Å². The summed E-state index contributed by atoms with van der Waals surface area (Å²) in [6, 6.07) is 6.53. The topological polar surface area (TPSA) is 40.5 Å². The van der Waals surface area contributed by atoms with Gasteiger partial charge in [-0.1, -0.05) is 44.6 Å². The van der Waals surface area contributed by atoms with Crippen molar-refractivity contribution in [3.8, 4) is 0 Å². The summed E-state index contributed by atoms with van der Waals surface area (Å²) in [4.78, 5) is 14.4. The molecule has 3 fully saturated rings. The lowest BCUT2D eigenvalue weighted by atomic mass is 9.47. The first-order chi connectivity index (χ1) is 16.6. The Kier molecular flexibility index (Phi) is 6.66. The lowest BCUT2D eigenvalue weighted by Gasteiger charge is -2.58. The maximum atomic E-state index is 14.2. The first-order valence-electron chi connectivity index (χ1n) is 14.0. The van der Waals surface area contributed by atoms with E-state index in [1.165, 1.54) is 43.1 Å². The average Bonchev–Trinajstić information content (AvgIpc) is 3.20. The van der Waals surface area contributed by atoms with E-state index in [1.54, 1.807) is 30.8 Å². The lowest BCUT2D eigenvalue weighted by Crippen LogP contribution is -2.50. The van der Waals surface area contributed by atoms with Crippen molar-refractivity contribution in [3.05, 3.63) is 41.7 Å². The van der Waals surface area contributed by atoms with E-state index < -0.39 is 0 Å². The molecule has 8 atom stereocenters. The minimum absolute atomic E-state index is 0.00251. The lowest BCUT2D eigenvalue weighted by molar-refractivity contribution is -0.118. The highest BCUT2D eigenvalue weighted by atomic mass is 19.1. The van der Waals surface area contributed by atoms with Crippen molar-refractivity contribution in [2.24, 2.45) is 40.4 Å². The second-order valence-electron chi connectivity index (χ2n) is 12.8. The first kappa shape index (κ1) is 25.0. The number of amides is 1. The van der Waals surface area contributed by atoms with E-state index in [1.807, 2.05) is 0 Å². The molecule has 3 nitrogen and oxygen atoms in total. The number of aliphatic hydroxyl groups excluding tert-OH is 1.